The molecule has 0 atom stereocenters. The van der Waals surface area contributed by atoms with Gasteiger partial charge in [-0.25, -0.2) is 5.43 Å². The summed E-state index contributed by atoms with van der Waals surface area (Å²) in [4.78, 5) is 12.5. The lowest BCUT2D eigenvalue weighted by Gasteiger charge is -2.11. The first kappa shape index (κ1) is 16.5. The van der Waals surface area contributed by atoms with Crippen molar-refractivity contribution >= 4 is 35.1 Å². The number of amides is 1. The van der Waals surface area contributed by atoms with E-state index < -0.39 is 0 Å². The zero-order chi connectivity index (χ0) is 17.1. The minimum Gasteiger partial charge on any atom is -0.316 e. The van der Waals surface area contributed by atoms with E-state index in [4.69, 9.17) is 11.6 Å². The van der Waals surface area contributed by atoms with Gasteiger partial charge in [-0.15, -0.1) is 11.3 Å². The molecular weight excluding hydrogens is 342 g/mol. The summed E-state index contributed by atoms with van der Waals surface area (Å²) >= 11 is 7.69. The number of carbonyl (C=O) groups excluding carboxylic acids is 1. The summed E-state index contributed by atoms with van der Waals surface area (Å²) < 4.78 is 2.07. The highest BCUT2D eigenvalue weighted by atomic mass is 35.5. The Morgan fingerprint density at radius 2 is 2.04 bits per heavy atom. The Morgan fingerprint density at radius 1 is 1.25 bits per heavy atom. The minimum atomic E-state index is -0.207. The summed E-state index contributed by atoms with van der Waals surface area (Å²) in [6, 6.07) is 13.3. The molecular formula is C18H16ClN3OS. The molecule has 0 saturated heterocycles. The second kappa shape index (κ2) is 7.03. The number of nitrogens with zero attached hydrogens (tertiary/aromatic N) is 2. The molecule has 0 saturated carbocycles. The van der Waals surface area contributed by atoms with Crippen LogP contribution in [0.5, 0.6) is 0 Å². The number of hydrazone groups is 1. The standard InChI is InChI=1S/C18H16ClN3OS/c1-12-10-14(11-20-21-18(23)17-8-5-9-24-17)13(2)22(12)16-7-4-3-6-15(16)19/h3-11H,1-2H3,(H,21,23)/b20-11-. The number of benzene rings is 1. The monoisotopic (exact) mass is 357 g/mol. The second-order valence-corrected chi connectivity index (χ2v) is 6.64. The zero-order valence-electron chi connectivity index (χ0n) is 13.3. The van der Waals surface area contributed by atoms with E-state index >= 15 is 0 Å². The predicted octanol–water partition coefficient (Wildman–Crippen LogP) is 4.57. The molecule has 0 unspecified atom stereocenters. The molecule has 1 N–H and O–H groups in total. The van der Waals surface area contributed by atoms with Gasteiger partial charge in [-0.05, 0) is 43.5 Å². The lowest BCUT2D eigenvalue weighted by molar-refractivity contribution is 0.0959. The van der Waals surface area contributed by atoms with Gasteiger partial charge in [0, 0.05) is 17.0 Å². The third-order valence-corrected chi connectivity index (χ3v) is 4.87. The molecule has 6 heteroatoms. The number of hydrogen-bond donors (Lipinski definition) is 1. The van der Waals surface area contributed by atoms with Gasteiger partial charge in [-0.3, -0.25) is 4.79 Å². The molecule has 0 bridgehead atoms. The highest BCUT2D eigenvalue weighted by Crippen LogP contribution is 2.25. The smallest absolute Gasteiger partial charge is 0.281 e. The molecule has 1 amide bonds. The Hall–Kier alpha value is -2.37. The van der Waals surface area contributed by atoms with E-state index in [9.17, 15) is 4.79 Å². The summed E-state index contributed by atoms with van der Waals surface area (Å²) in [6.45, 7) is 4.01. The molecule has 122 valence electrons. The summed E-state index contributed by atoms with van der Waals surface area (Å²) in [5, 5.41) is 6.61. The summed E-state index contributed by atoms with van der Waals surface area (Å²) in [6.07, 6.45) is 1.65. The van der Waals surface area contributed by atoms with Gasteiger partial charge in [0.25, 0.3) is 5.91 Å². The van der Waals surface area contributed by atoms with Crippen molar-refractivity contribution in [1.82, 2.24) is 9.99 Å². The van der Waals surface area contributed by atoms with E-state index in [1.165, 1.54) is 11.3 Å². The van der Waals surface area contributed by atoms with Crippen LogP contribution in [0.3, 0.4) is 0 Å². The van der Waals surface area contributed by atoms with Crippen molar-refractivity contribution in [3.63, 3.8) is 0 Å². The van der Waals surface area contributed by atoms with E-state index in [2.05, 4.69) is 15.1 Å². The Balaban J connectivity index is 1.83. The Morgan fingerprint density at radius 3 is 2.75 bits per heavy atom. The lowest BCUT2D eigenvalue weighted by Crippen LogP contribution is -2.16. The van der Waals surface area contributed by atoms with Crippen LogP contribution in [0, 0.1) is 13.8 Å². The van der Waals surface area contributed by atoms with E-state index in [-0.39, 0.29) is 5.91 Å². The van der Waals surface area contributed by atoms with E-state index in [0.717, 1.165) is 22.6 Å². The van der Waals surface area contributed by atoms with Crippen LogP contribution in [0.1, 0.15) is 26.6 Å². The average Bonchev–Trinajstić information content (AvgIpc) is 3.18. The minimum absolute atomic E-state index is 0.207. The van der Waals surface area contributed by atoms with Crippen LogP contribution in [-0.2, 0) is 0 Å². The van der Waals surface area contributed by atoms with Crippen molar-refractivity contribution in [3.8, 4) is 5.69 Å². The molecule has 0 spiro atoms. The topological polar surface area (TPSA) is 46.4 Å². The van der Waals surface area contributed by atoms with Crippen LogP contribution < -0.4 is 5.43 Å². The van der Waals surface area contributed by atoms with Crippen LogP contribution in [0.2, 0.25) is 5.02 Å². The number of rotatable bonds is 4. The number of halogens is 1. The normalized spacial score (nSPS) is 11.1. The van der Waals surface area contributed by atoms with Crippen molar-refractivity contribution in [1.29, 1.82) is 0 Å². The van der Waals surface area contributed by atoms with Gasteiger partial charge < -0.3 is 4.57 Å². The average molecular weight is 358 g/mol. The molecule has 4 nitrogen and oxygen atoms in total. The number of aryl methyl sites for hydroxylation is 1. The van der Waals surface area contributed by atoms with Crippen LogP contribution >= 0.6 is 22.9 Å². The van der Waals surface area contributed by atoms with Crippen molar-refractivity contribution in [2.75, 3.05) is 0 Å². The van der Waals surface area contributed by atoms with Gasteiger partial charge in [0.2, 0.25) is 0 Å². The SMILES string of the molecule is Cc1cc(/C=N\NC(=O)c2cccs2)c(C)n1-c1ccccc1Cl. The van der Waals surface area contributed by atoms with Gasteiger partial charge in [-0.1, -0.05) is 29.8 Å². The fourth-order valence-electron chi connectivity index (χ4n) is 2.55. The number of carbonyl (C=O) groups is 1. The first-order valence-electron chi connectivity index (χ1n) is 7.38. The van der Waals surface area contributed by atoms with Gasteiger partial charge in [-0.2, -0.15) is 5.10 Å². The summed E-state index contributed by atoms with van der Waals surface area (Å²) in [5.41, 5.74) is 6.46. The Labute approximate surface area is 149 Å². The maximum Gasteiger partial charge on any atom is 0.281 e. The fraction of sp³-hybridized carbons (Fsp3) is 0.111. The first-order valence-corrected chi connectivity index (χ1v) is 8.64. The maximum absolute atomic E-state index is 11.9. The largest absolute Gasteiger partial charge is 0.316 e. The first-order chi connectivity index (χ1) is 11.6. The van der Waals surface area contributed by atoms with Gasteiger partial charge >= 0.3 is 0 Å². The number of para-hydroxylation sites is 1. The predicted molar refractivity (Wildman–Crippen MR) is 99.6 cm³/mol. The van der Waals surface area contributed by atoms with Crippen LogP contribution in [0.25, 0.3) is 5.69 Å². The summed E-state index contributed by atoms with van der Waals surface area (Å²) in [7, 11) is 0. The number of thiophene rings is 1. The van der Waals surface area contributed by atoms with Crippen LogP contribution in [0.4, 0.5) is 0 Å². The highest BCUT2D eigenvalue weighted by Gasteiger charge is 2.11. The van der Waals surface area contributed by atoms with Crippen LogP contribution in [0.15, 0.2) is 52.9 Å². The maximum atomic E-state index is 11.9. The highest BCUT2D eigenvalue weighted by molar-refractivity contribution is 7.12. The van der Waals surface area contributed by atoms with Crippen molar-refractivity contribution in [2.24, 2.45) is 5.10 Å². The zero-order valence-corrected chi connectivity index (χ0v) is 14.9. The number of nitrogens with one attached hydrogen (secondary N) is 1. The molecule has 0 aliphatic heterocycles. The molecule has 0 fully saturated rings. The van der Waals surface area contributed by atoms with E-state index in [1.807, 2.05) is 55.6 Å². The van der Waals surface area contributed by atoms with E-state index in [1.54, 1.807) is 12.3 Å². The van der Waals surface area contributed by atoms with Crippen molar-refractivity contribution < 1.29 is 4.79 Å². The quantitative estimate of drug-likeness (QED) is 0.539. The van der Waals surface area contributed by atoms with Gasteiger partial charge in [0.05, 0.1) is 21.8 Å². The fourth-order valence-corrected chi connectivity index (χ4v) is 3.38. The van der Waals surface area contributed by atoms with Crippen molar-refractivity contribution in [3.05, 3.63) is 74.7 Å². The Kier molecular flexibility index (Phi) is 4.83. The second-order valence-electron chi connectivity index (χ2n) is 5.29. The molecule has 2 heterocycles. The molecule has 3 rings (SSSR count). The molecule has 0 aliphatic rings. The molecule has 0 radical (unpaired) electrons. The van der Waals surface area contributed by atoms with Crippen LogP contribution in [-0.4, -0.2) is 16.7 Å². The third kappa shape index (κ3) is 3.27. The summed E-state index contributed by atoms with van der Waals surface area (Å²) in [5.74, 6) is -0.207. The molecule has 2 aromatic heterocycles. The molecule has 1 aromatic carbocycles. The molecule has 24 heavy (non-hydrogen) atoms. The third-order valence-electron chi connectivity index (χ3n) is 3.68. The van der Waals surface area contributed by atoms with Crippen molar-refractivity contribution in [2.45, 2.75) is 13.8 Å². The number of aromatic nitrogens is 1. The Bertz CT molecular complexity index is 897. The molecule has 3 aromatic rings. The van der Waals surface area contributed by atoms with Gasteiger partial charge in [0.1, 0.15) is 0 Å². The van der Waals surface area contributed by atoms with Gasteiger partial charge in [0.15, 0.2) is 0 Å². The number of hydrogen-bond acceptors (Lipinski definition) is 3. The lowest BCUT2D eigenvalue weighted by atomic mass is 10.2. The molecule has 0 aliphatic carbocycles. The van der Waals surface area contributed by atoms with E-state index in [0.29, 0.717) is 9.90 Å².